The molecule has 0 atom stereocenters. The fourth-order valence-electron chi connectivity index (χ4n) is 0.0398. The zero-order valence-corrected chi connectivity index (χ0v) is 5.78. The van der Waals surface area contributed by atoms with Gasteiger partial charge in [0.25, 0.3) is 0 Å². The molecule has 0 heterocycles. The van der Waals surface area contributed by atoms with Crippen LogP contribution in [0.5, 0.6) is 0 Å². The van der Waals surface area contributed by atoms with Crippen molar-refractivity contribution < 1.29 is 0 Å². The van der Waals surface area contributed by atoms with E-state index in [9.17, 15) is 0 Å². The van der Waals surface area contributed by atoms with Crippen molar-refractivity contribution in [3.05, 3.63) is 0 Å². The van der Waals surface area contributed by atoms with Gasteiger partial charge in [-0.25, -0.2) is 0 Å². The van der Waals surface area contributed by atoms with Gasteiger partial charge in [-0.1, -0.05) is 0 Å². The Balaban J connectivity index is 2.62. The minimum absolute atomic E-state index is 1.58. The van der Waals surface area contributed by atoms with Crippen LogP contribution in [0, 0.1) is 0 Å². The summed E-state index contributed by atoms with van der Waals surface area (Å²) < 4.78 is 0. The number of halogens is 1. The molecule has 0 fully saturated rings. The normalized spacial score (nSPS) is 8.40. The van der Waals surface area contributed by atoms with E-state index in [1.54, 1.807) is 22.2 Å². The van der Waals surface area contributed by atoms with Gasteiger partial charge in [-0.05, 0) is 0 Å². The summed E-state index contributed by atoms with van der Waals surface area (Å²) in [5.41, 5.74) is 0. The Morgan fingerprint density at radius 1 is 2.00 bits per heavy atom. The first-order valence-corrected chi connectivity index (χ1v) is 4.52. The molecule has 0 aliphatic heterocycles. The molecule has 28 valence electrons. The standard InChI is InChI=1S/CH3BINS/c1-4-2-5-3/h1H3. The molecule has 0 radical (unpaired) electrons. The van der Waals surface area contributed by atoms with Crippen molar-refractivity contribution in [2.75, 3.05) is 7.05 Å². The molecule has 0 N–H and O–H groups in total. The van der Waals surface area contributed by atoms with Crippen LogP contribution < -0.4 is 0 Å². The number of nitrogens with zero attached hydrogens (tertiary/aromatic N) is 1. The van der Waals surface area contributed by atoms with E-state index < -0.39 is 0 Å². The van der Waals surface area contributed by atoms with E-state index in [0.717, 1.165) is 0 Å². The van der Waals surface area contributed by atoms with E-state index in [1.807, 2.05) is 0 Å². The summed E-state index contributed by atoms with van der Waals surface area (Å²) in [6, 6.07) is 0. The molecule has 5 heavy (non-hydrogen) atoms. The van der Waals surface area contributed by atoms with Gasteiger partial charge in [-0.3, -0.25) is 0 Å². The molecule has 0 saturated carbocycles. The van der Waals surface area contributed by atoms with Crippen LogP contribution in [0.1, 0.15) is 0 Å². The maximum absolute atomic E-state index is 3.68. The third kappa shape index (κ3) is 4.94. The third-order valence-corrected chi connectivity index (χ3v) is 1.12. The van der Waals surface area contributed by atoms with Crippen LogP contribution in [0.3, 0.4) is 0 Å². The second-order valence-electron chi connectivity index (χ2n) is 0.453. The first-order chi connectivity index (χ1) is 2.41. The predicted molar refractivity (Wildman–Crippen MR) is 35.7 cm³/mol. The van der Waals surface area contributed by atoms with E-state index >= 15 is 0 Å². The van der Waals surface area contributed by atoms with Crippen molar-refractivity contribution in [1.29, 1.82) is 0 Å². The molecule has 0 unspecified atom stereocenters. The van der Waals surface area contributed by atoms with Gasteiger partial charge in [0.2, 0.25) is 0 Å². The van der Waals surface area contributed by atoms with Crippen molar-refractivity contribution in [2.24, 2.45) is 4.90 Å². The van der Waals surface area contributed by atoms with Gasteiger partial charge >= 0.3 is 48.3 Å². The van der Waals surface area contributed by atoms with Crippen LogP contribution in [-0.4, -0.2) is 13.4 Å². The summed E-state index contributed by atoms with van der Waals surface area (Å²) in [5.74, 6) is 0. The Morgan fingerprint density at radius 2 is 2.60 bits per heavy atom. The fraction of sp³-hybridized carbons (Fsp3) is 1.00. The van der Waals surface area contributed by atoms with Crippen LogP contribution in [0.15, 0.2) is 4.90 Å². The van der Waals surface area contributed by atoms with Gasteiger partial charge in [0.1, 0.15) is 0 Å². The Kier molecular flexibility index (Phi) is 5.88. The van der Waals surface area contributed by atoms with Gasteiger partial charge in [0.05, 0.1) is 0 Å². The molecule has 0 aromatic heterocycles. The first-order valence-electron chi connectivity index (χ1n) is 1.10. The van der Waals surface area contributed by atoms with E-state index in [-0.39, 0.29) is 0 Å². The number of rotatable bonds is 1. The topological polar surface area (TPSA) is 12.4 Å². The molecule has 4 heteroatoms. The predicted octanol–water partition coefficient (Wildman–Crippen LogP) is 1.50. The zero-order chi connectivity index (χ0) is 4.12. The second kappa shape index (κ2) is 4.94. The zero-order valence-electron chi connectivity index (χ0n) is 2.81. The van der Waals surface area contributed by atoms with Gasteiger partial charge in [0, 0.05) is 0 Å². The summed E-state index contributed by atoms with van der Waals surface area (Å²) in [5, 5.41) is 0. The van der Waals surface area contributed by atoms with Crippen LogP contribution in [0.25, 0.3) is 0 Å². The van der Waals surface area contributed by atoms with Crippen LogP contribution in [-0.2, 0) is 0 Å². The molecule has 0 aliphatic carbocycles. The Bertz CT molecular complexity index is 38.6. The molecule has 0 rings (SSSR count). The van der Waals surface area contributed by atoms with Crippen molar-refractivity contribution in [3.63, 3.8) is 0 Å². The summed E-state index contributed by atoms with van der Waals surface area (Å²) in [6.45, 7) is 0. The van der Waals surface area contributed by atoms with E-state index in [2.05, 4.69) is 26.1 Å². The number of hydrogen-bond acceptors (Lipinski definition) is 2. The average molecular weight is 199 g/mol. The van der Waals surface area contributed by atoms with Crippen LogP contribution in [0.2, 0.25) is 0 Å². The molecule has 0 aliphatic rings. The maximum atomic E-state index is 3.68. The molecule has 1 nitrogen and oxygen atoms in total. The first kappa shape index (κ1) is 5.94. The van der Waals surface area contributed by atoms with Crippen LogP contribution in [0.4, 0.5) is 0 Å². The SMILES string of the molecule is CN=BSI. The van der Waals surface area contributed by atoms with E-state index in [1.165, 1.54) is 0 Å². The van der Waals surface area contributed by atoms with Crippen molar-refractivity contribution in [2.45, 2.75) is 0 Å². The van der Waals surface area contributed by atoms with Gasteiger partial charge in [-0.2, -0.15) is 0 Å². The molecule has 0 saturated heterocycles. The fourth-order valence-corrected chi connectivity index (χ4v) is 0.802. The molecular weight excluding hydrogens is 196 g/mol. The van der Waals surface area contributed by atoms with Crippen molar-refractivity contribution >= 4 is 36.3 Å². The number of hydrogen-bond donors (Lipinski definition) is 0. The molecule has 0 amide bonds. The summed E-state index contributed by atoms with van der Waals surface area (Å²) in [4.78, 5) is 3.68. The molecule has 0 aromatic carbocycles. The monoisotopic (exact) mass is 199 g/mol. The van der Waals surface area contributed by atoms with E-state index in [4.69, 9.17) is 0 Å². The summed E-state index contributed by atoms with van der Waals surface area (Å²) in [6.07, 6.45) is 1.78. The Labute approximate surface area is 48.4 Å². The van der Waals surface area contributed by atoms with Gasteiger partial charge < -0.3 is 0 Å². The molecule has 0 bridgehead atoms. The average Bonchev–Trinajstić information content (AvgIpc) is 1.41. The van der Waals surface area contributed by atoms with Gasteiger partial charge in [-0.15, -0.1) is 0 Å². The quantitative estimate of drug-likeness (QED) is 0.460. The second-order valence-corrected chi connectivity index (χ2v) is 2.37. The summed E-state index contributed by atoms with van der Waals surface area (Å²) in [7, 11) is 3.34. The van der Waals surface area contributed by atoms with Crippen molar-refractivity contribution in [1.82, 2.24) is 0 Å². The Morgan fingerprint density at radius 3 is 2.60 bits per heavy atom. The summed E-state index contributed by atoms with van der Waals surface area (Å²) >= 11 is 2.15. The Hall–Kier alpha value is 0.945. The molecular formula is CH3BINS. The van der Waals surface area contributed by atoms with E-state index in [0.29, 0.717) is 0 Å². The minimum atomic E-state index is 1.58. The molecule has 0 aromatic rings. The van der Waals surface area contributed by atoms with Crippen molar-refractivity contribution in [3.8, 4) is 0 Å². The molecule has 0 spiro atoms. The van der Waals surface area contributed by atoms with Gasteiger partial charge in [0.15, 0.2) is 0 Å². The third-order valence-electron chi connectivity index (χ3n) is 0.145. The van der Waals surface area contributed by atoms with Crippen LogP contribution >= 0.6 is 30.0 Å².